The first kappa shape index (κ1) is 25.5. The van der Waals surface area contributed by atoms with Crippen molar-refractivity contribution >= 4 is 46.7 Å². The maximum atomic E-state index is 11.7. The Kier molecular flexibility index (Phi) is 10.3. The number of aromatic nitrogens is 1. The summed E-state index contributed by atoms with van der Waals surface area (Å²) in [5, 5.41) is 7.95. The highest BCUT2D eigenvalue weighted by Gasteiger charge is 2.06. The van der Waals surface area contributed by atoms with Gasteiger partial charge in [-0.25, -0.2) is 0 Å². The third kappa shape index (κ3) is 7.44. The molecule has 32 heavy (non-hydrogen) atoms. The lowest BCUT2D eigenvalue weighted by atomic mass is 10.2. The average molecular weight is 549 g/mol. The van der Waals surface area contributed by atoms with E-state index in [2.05, 4.69) is 56.7 Å². The van der Waals surface area contributed by atoms with Crippen molar-refractivity contribution in [3.63, 3.8) is 0 Å². The number of hydrogen-bond donors (Lipinski definition) is 2. The van der Waals surface area contributed by atoms with Crippen LogP contribution in [0, 0.1) is 0 Å². The summed E-state index contributed by atoms with van der Waals surface area (Å²) < 4.78 is 7.86. The van der Waals surface area contributed by atoms with Gasteiger partial charge in [-0.2, -0.15) is 0 Å². The molecule has 1 amide bonds. The lowest BCUT2D eigenvalue weighted by molar-refractivity contribution is -0.130. The third-order valence-corrected chi connectivity index (χ3v) is 4.99. The molecule has 0 bridgehead atoms. The van der Waals surface area contributed by atoms with E-state index in [-0.39, 0.29) is 36.5 Å². The van der Waals surface area contributed by atoms with E-state index in [1.165, 1.54) is 15.8 Å². The number of aryl methyl sites for hydroxylation is 1. The number of halogens is 1. The minimum absolute atomic E-state index is 0. The molecule has 172 valence electrons. The van der Waals surface area contributed by atoms with Gasteiger partial charge >= 0.3 is 0 Å². The van der Waals surface area contributed by atoms with Crippen LogP contribution in [0.3, 0.4) is 0 Å². The van der Waals surface area contributed by atoms with Gasteiger partial charge in [-0.15, -0.1) is 24.0 Å². The molecule has 0 fully saturated rings. The second-order valence-corrected chi connectivity index (χ2v) is 7.50. The normalized spacial score (nSPS) is 11.0. The Labute approximate surface area is 206 Å². The molecule has 1 heterocycles. The Bertz CT molecular complexity index is 1030. The van der Waals surface area contributed by atoms with Crippen molar-refractivity contribution in [2.75, 3.05) is 34.3 Å². The predicted octanol–water partition coefficient (Wildman–Crippen LogP) is 3.48. The van der Waals surface area contributed by atoms with Crippen LogP contribution in [-0.4, -0.2) is 55.6 Å². The van der Waals surface area contributed by atoms with Crippen LogP contribution in [0.1, 0.15) is 12.0 Å². The van der Waals surface area contributed by atoms with Crippen molar-refractivity contribution in [1.82, 2.24) is 20.1 Å². The van der Waals surface area contributed by atoms with Gasteiger partial charge in [-0.1, -0.05) is 30.3 Å². The molecule has 0 aliphatic carbocycles. The van der Waals surface area contributed by atoms with Gasteiger partial charge in [0.1, 0.15) is 5.75 Å². The number of carbonyl (C=O) groups excluding carboxylic acids is 1. The topological polar surface area (TPSA) is 70.9 Å². The number of ether oxygens (including phenoxy) is 1. The summed E-state index contributed by atoms with van der Waals surface area (Å²) in [5.74, 6) is 1.36. The first-order valence-corrected chi connectivity index (χ1v) is 10.5. The van der Waals surface area contributed by atoms with Crippen LogP contribution >= 0.6 is 24.0 Å². The summed E-state index contributed by atoms with van der Waals surface area (Å²) in [6, 6.07) is 18.3. The molecular weight excluding hydrogens is 517 g/mol. The number of rotatable bonds is 9. The molecule has 0 saturated heterocycles. The Morgan fingerprint density at radius 2 is 1.91 bits per heavy atom. The van der Waals surface area contributed by atoms with Crippen molar-refractivity contribution in [1.29, 1.82) is 0 Å². The third-order valence-electron chi connectivity index (χ3n) is 4.99. The largest absolute Gasteiger partial charge is 0.484 e. The van der Waals surface area contributed by atoms with Crippen LogP contribution in [0.2, 0.25) is 0 Å². The minimum atomic E-state index is -0.0685. The molecule has 2 aromatic carbocycles. The van der Waals surface area contributed by atoms with Crippen molar-refractivity contribution in [2.45, 2.75) is 19.5 Å². The number of fused-ring (bicyclic) bond motifs is 1. The fourth-order valence-corrected chi connectivity index (χ4v) is 3.22. The summed E-state index contributed by atoms with van der Waals surface area (Å²) in [7, 11) is 5.19. The maximum absolute atomic E-state index is 11.7. The number of benzene rings is 2. The maximum Gasteiger partial charge on any atom is 0.259 e. The van der Waals surface area contributed by atoms with Gasteiger partial charge in [-0.05, 0) is 41.6 Å². The fraction of sp³-hybridized carbons (Fsp3) is 0.333. The highest BCUT2D eigenvalue weighted by atomic mass is 127. The van der Waals surface area contributed by atoms with Crippen LogP contribution < -0.4 is 15.4 Å². The standard InChI is InChI=1S/C24H31N5O2.HI/c1-25-24(26-13-7-14-29-15-12-20-9-4-5-11-22(20)29)27-17-19-8-6-10-21(16-19)31-18-23(30)28(2)3;/h4-6,8-12,15-16H,7,13-14,17-18H2,1-3H3,(H2,25,26,27);1H. The Morgan fingerprint density at radius 3 is 2.69 bits per heavy atom. The Balaban J connectivity index is 0.00000363. The van der Waals surface area contributed by atoms with Gasteiger partial charge in [0.15, 0.2) is 12.6 Å². The number of hydrogen-bond acceptors (Lipinski definition) is 3. The molecular formula is C24H32IN5O2. The minimum Gasteiger partial charge on any atom is -0.484 e. The zero-order valence-electron chi connectivity index (χ0n) is 18.9. The number of para-hydroxylation sites is 1. The van der Waals surface area contributed by atoms with Gasteiger partial charge in [0.25, 0.3) is 5.91 Å². The Morgan fingerprint density at radius 1 is 1.09 bits per heavy atom. The molecule has 1 aromatic heterocycles. The first-order chi connectivity index (χ1) is 15.1. The smallest absolute Gasteiger partial charge is 0.259 e. The first-order valence-electron chi connectivity index (χ1n) is 10.5. The number of likely N-dealkylation sites (N-methyl/N-ethyl adjacent to an activating group) is 1. The summed E-state index contributed by atoms with van der Waals surface area (Å²) in [4.78, 5) is 17.5. The zero-order valence-corrected chi connectivity index (χ0v) is 21.2. The van der Waals surface area contributed by atoms with E-state index in [0.29, 0.717) is 12.3 Å². The number of amides is 1. The fourth-order valence-electron chi connectivity index (χ4n) is 3.22. The van der Waals surface area contributed by atoms with Gasteiger partial charge < -0.3 is 24.8 Å². The number of guanidine groups is 1. The molecule has 0 saturated carbocycles. The van der Waals surface area contributed by atoms with Crippen LogP contribution in [-0.2, 0) is 17.9 Å². The van der Waals surface area contributed by atoms with Gasteiger partial charge in [-0.3, -0.25) is 9.79 Å². The van der Waals surface area contributed by atoms with Gasteiger partial charge in [0.05, 0.1) is 0 Å². The molecule has 2 N–H and O–H groups in total. The van der Waals surface area contributed by atoms with E-state index in [0.717, 1.165) is 31.0 Å². The molecule has 0 spiro atoms. The van der Waals surface area contributed by atoms with E-state index in [9.17, 15) is 4.79 Å². The van der Waals surface area contributed by atoms with E-state index in [1.807, 2.05) is 24.3 Å². The van der Waals surface area contributed by atoms with Gasteiger partial charge in [0, 0.05) is 52.5 Å². The summed E-state index contributed by atoms with van der Waals surface area (Å²) in [6.07, 6.45) is 3.13. The highest BCUT2D eigenvalue weighted by Crippen LogP contribution is 2.15. The predicted molar refractivity (Wildman–Crippen MR) is 141 cm³/mol. The highest BCUT2D eigenvalue weighted by molar-refractivity contribution is 14.0. The molecule has 7 nitrogen and oxygen atoms in total. The van der Waals surface area contributed by atoms with Crippen molar-refractivity contribution in [3.8, 4) is 5.75 Å². The molecule has 0 atom stereocenters. The monoisotopic (exact) mass is 549 g/mol. The number of aliphatic imine (C=N–C) groups is 1. The van der Waals surface area contributed by atoms with Gasteiger partial charge in [0.2, 0.25) is 0 Å². The second-order valence-electron chi connectivity index (χ2n) is 7.50. The second kappa shape index (κ2) is 12.9. The lowest BCUT2D eigenvalue weighted by Gasteiger charge is -2.14. The molecule has 8 heteroatoms. The number of carbonyl (C=O) groups is 1. The Hall–Kier alpha value is -2.75. The molecule has 0 aliphatic heterocycles. The van der Waals surface area contributed by atoms with Crippen LogP contribution in [0.25, 0.3) is 10.9 Å². The quantitative estimate of drug-likeness (QED) is 0.186. The van der Waals surface area contributed by atoms with E-state index >= 15 is 0 Å². The van der Waals surface area contributed by atoms with E-state index in [1.54, 1.807) is 21.1 Å². The number of nitrogens with zero attached hydrogens (tertiary/aromatic N) is 3. The number of nitrogens with one attached hydrogen (secondary N) is 2. The van der Waals surface area contributed by atoms with Crippen molar-refractivity contribution in [2.24, 2.45) is 4.99 Å². The van der Waals surface area contributed by atoms with Crippen molar-refractivity contribution < 1.29 is 9.53 Å². The van der Waals surface area contributed by atoms with Crippen molar-refractivity contribution in [3.05, 3.63) is 66.4 Å². The SMILES string of the molecule is CN=C(NCCCn1ccc2ccccc21)NCc1cccc(OCC(=O)N(C)C)c1.I. The van der Waals surface area contributed by atoms with Crippen LogP contribution in [0.15, 0.2) is 65.8 Å². The van der Waals surface area contributed by atoms with Crippen LogP contribution in [0.4, 0.5) is 0 Å². The molecule has 3 rings (SSSR count). The summed E-state index contributed by atoms with van der Waals surface area (Å²) in [6.45, 7) is 2.41. The zero-order chi connectivity index (χ0) is 22.1. The lowest BCUT2D eigenvalue weighted by Crippen LogP contribution is -2.37. The summed E-state index contributed by atoms with van der Waals surface area (Å²) in [5.41, 5.74) is 2.32. The molecule has 3 aromatic rings. The van der Waals surface area contributed by atoms with E-state index in [4.69, 9.17) is 4.74 Å². The van der Waals surface area contributed by atoms with E-state index < -0.39 is 0 Å². The molecule has 0 radical (unpaired) electrons. The molecule has 0 aliphatic rings. The van der Waals surface area contributed by atoms with Crippen LogP contribution in [0.5, 0.6) is 5.75 Å². The summed E-state index contributed by atoms with van der Waals surface area (Å²) >= 11 is 0. The average Bonchev–Trinajstić information content (AvgIpc) is 3.20. The molecule has 0 unspecified atom stereocenters.